The molecule has 0 spiro atoms. The average molecular weight is 308 g/mol. The first-order valence-corrected chi connectivity index (χ1v) is 7.47. The largest absolute Gasteiger partial charge is 0.493 e. The van der Waals surface area contributed by atoms with Crippen molar-refractivity contribution in [1.29, 1.82) is 0 Å². The third-order valence-electron chi connectivity index (χ3n) is 3.46. The second-order valence-corrected chi connectivity index (χ2v) is 5.01. The molecule has 3 aromatic carbocycles. The minimum atomic E-state index is -0.271. The zero-order chi connectivity index (χ0) is 16.1. The summed E-state index contributed by atoms with van der Waals surface area (Å²) in [7, 11) is 0. The predicted molar refractivity (Wildman–Crippen MR) is 92.7 cm³/mol. The van der Waals surface area contributed by atoms with E-state index in [0.717, 1.165) is 27.8 Å². The lowest BCUT2D eigenvalue weighted by atomic mass is 10.0. The van der Waals surface area contributed by atoms with Gasteiger partial charge in [0.25, 0.3) is 0 Å². The van der Waals surface area contributed by atoms with E-state index < -0.39 is 0 Å². The summed E-state index contributed by atoms with van der Waals surface area (Å²) in [5, 5.41) is 6.45. The molecule has 0 unspecified atom stereocenters. The van der Waals surface area contributed by atoms with Crippen molar-refractivity contribution >= 4 is 22.7 Å². The molecule has 0 fully saturated rings. The summed E-state index contributed by atoms with van der Waals surface area (Å²) in [6, 6.07) is 18.1. The lowest BCUT2D eigenvalue weighted by Crippen LogP contribution is -1.98. The Morgan fingerprint density at radius 2 is 1.83 bits per heavy atom. The Balaban J connectivity index is 1.92. The number of benzene rings is 3. The van der Waals surface area contributed by atoms with E-state index in [1.165, 1.54) is 12.1 Å². The lowest BCUT2D eigenvalue weighted by molar-refractivity contribution is 0.340. The molecule has 3 aromatic rings. The molecular weight excluding hydrogens is 291 g/mol. The number of ether oxygens (including phenoxy) is 1. The maximum absolute atomic E-state index is 12.9. The summed E-state index contributed by atoms with van der Waals surface area (Å²) in [4.78, 5) is 0. The number of nitrogens with zero attached hydrogens (tertiary/aromatic N) is 1. The molecule has 1 N–H and O–H groups in total. The van der Waals surface area contributed by atoms with Crippen molar-refractivity contribution in [2.45, 2.75) is 6.92 Å². The molecule has 0 aliphatic carbocycles. The fourth-order valence-corrected chi connectivity index (χ4v) is 2.39. The highest BCUT2D eigenvalue weighted by Crippen LogP contribution is 2.26. The highest BCUT2D eigenvalue weighted by Gasteiger charge is 2.06. The number of fused-ring (bicyclic) bond motifs is 1. The first-order chi connectivity index (χ1) is 11.3. The third-order valence-corrected chi connectivity index (χ3v) is 3.46. The van der Waals surface area contributed by atoms with Crippen LogP contribution in [0.4, 0.5) is 10.1 Å². The number of rotatable bonds is 5. The minimum absolute atomic E-state index is 0.271. The topological polar surface area (TPSA) is 33.6 Å². The van der Waals surface area contributed by atoms with Crippen molar-refractivity contribution in [2.75, 3.05) is 12.0 Å². The van der Waals surface area contributed by atoms with Gasteiger partial charge in [0, 0.05) is 5.56 Å². The van der Waals surface area contributed by atoms with E-state index >= 15 is 0 Å². The van der Waals surface area contributed by atoms with Gasteiger partial charge in [0.15, 0.2) is 0 Å². The van der Waals surface area contributed by atoms with Crippen LogP contribution in [0, 0.1) is 5.82 Å². The monoisotopic (exact) mass is 308 g/mol. The van der Waals surface area contributed by atoms with Crippen LogP contribution in [-0.4, -0.2) is 12.8 Å². The van der Waals surface area contributed by atoms with Gasteiger partial charge in [-0.05, 0) is 48.0 Å². The molecule has 23 heavy (non-hydrogen) atoms. The maximum atomic E-state index is 12.9. The number of hydrogen-bond donors (Lipinski definition) is 1. The van der Waals surface area contributed by atoms with E-state index in [2.05, 4.69) is 16.6 Å². The zero-order valence-electron chi connectivity index (χ0n) is 12.8. The summed E-state index contributed by atoms with van der Waals surface area (Å²) in [5.74, 6) is 0.517. The number of hydrogen-bond acceptors (Lipinski definition) is 3. The van der Waals surface area contributed by atoms with Crippen LogP contribution in [0.25, 0.3) is 10.8 Å². The number of anilines is 1. The summed E-state index contributed by atoms with van der Waals surface area (Å²) in [5.41, 5.74) is 4.54. The smallest absolute Gasteiger partial charge is 0.128 e. The Morgan fingerprint density at radius 3 is 2.61 bits per heavy atom. The molecule has 0 saturated heterocycles. The Hall–Kier alpha value is -2.88. The summed E-state index contributed by atoms with van der Waals surface area (Å²) >= 11 is 0. The minimum Gasteiger partial charge on any atom is -0.493 e. The van der Waals surface area contributed by atoms with Crippen molar-refractivity contribution in [2.24, 2.45) is 5.10 Å². The second-order valence-electron chi connectivity index (χ2n) is 5.01. The molecule has 0 aliphatic heterocycles. The van der Waals surface area contributed by atoms with E-state index in [0.29, 0.717) is 6.61 Å². The van der Waals surface area contributed by atoms with Crippen LogP contribution < -0.4 is 10.2 Å². The van der Waals surface area contributed by atoms with E-state index in [4.69, 9.17) is 4.74 Å². The number of hydrazone groups is 1. The summed E-state index contributed by atoms with van der Waals surface area (Å²) in [6.45, 7) is 2.54. The Bertz CT molecular complexity index is 828. The Kier molecular flexibility index (Phi) is 4.52. The Labute approximate surface area is 134 Å². The molecule has 4 heteroatoms. The van der Waals surface area contributed by atoms with Crippen LogP contribution in [0.2, 0.25) is 0 Å². The molecule has 3 nitrogen and oxygen atoms in total. The fourth-order valence-electron chi connectivity index (χ4n) is 2.39. The van der Waals surface area contributed by atoms with Gasteiger partial charge >= 0.3 is 0 Å². The molecule has 0 heterocycles. The average Bonchev–Trinajstić information content (AvgIpc) is 2.58. The van der Waals surface area contributed by atoms with Gasteiger partial charge in [-0.15, -0.1) is 0 Å². The van der Waals surface area contributed by atoms with Gasteiger partial charge < -0.3 is 4.74 Å². The first-order valence-electron chi connectivity index (χ1n) is 7.47. The van der Waals surface area contributed by atoms with Gasteiger partial charge in [0.05, 0.1) is 18.5 Å². The number of halogens is 1. The standard InChI is InChI=1S/C19H17FN2O/c1-2-23-19-12-7-14-5-3-4-6-17(14)18(19)13-21-22-16-10-8-15(20)9-11-16/h3-13,22H,2H2,1H3/b21-13+. The van der Waals surface area contributed by atoms with Crippen molar-refractivity contribution in [3.63, 3.8) is 0 Å². The molecule has 3 rings (SSSR count). The van der Waals surface area contributed by atoms with Gasteiger partial charge in [-0.2, -0.15) is 5.10 Å². The highest BCUT2D eigenvalue weighted by molar-refractivity contribution is 6.02. The molecule has 116 valence electrons. The fraction of sp³-hybridized carbons (Fsp3) is 0.105. The summed E-state index contributed by atoms with van der Waals surface area (Å²) < 4.78 is 18.6. The van der Waals surface area contributed by atoms with Crippen LogP contribution in [0.3, 0.4) is 0 Å². The molecule has 0 aromatic heterocycles. The first kappa shape index (κ1) is 15.0. The zero-order valence-corrected chi connectivity index (χ0v) is 12.8. The maximum Gasteiger partial charge on any atom is 0.128 e. The van der Waals surface area contributed by atoms with Crippen molar-refractivity contribution in [3.05, 3.63) is 72.0 Å². The van der Waals surface area contributed by atoms with Gasteiger partial charge in [0.1, 0.15) is 11.6 Å². The van der Waals surface area contributed by atoms with E-state index in [-0.39, 0.29) is 5.82 Å². The van der Waals surface area contributed by atoms with Crippen LogP contribution in [0.5, 0.6) is 5.75 Å². The third kappa shape index (κ3) is 3.48. The normalized spacial score (nSPS) is 11.0. The van der Waals surface area contributed by atoms with Crippen LogP contribution in [0.1, 0.15) is 12.5 Å². The van der Waals surface area contributed by atoms with Crippen LogP contribution in [0.15, 0.2) is 65.8 Å². The molecule has 0 aliphatic rings. The highest BCUT2D eigenvalue weighted by atomic mass is 19.1. The van der Waals surface area contributed by atoms with Gasteiger partial charge in [-0.1, -0.05) is 30.3 Å². The summed E-state index contributed by atoms with van der Waals surface area (Å²) in [6.07, 6.45) is 1.73. The molecule has 0 bridgehead atoms. The predicted octanol–water partition coefficient (Wildman–Crippen LogP) is 4.82. The van der Waals surface area contributed by atoms with E-state index in [1.54, 1.807) is 18.3 Å². The van der Waals surface area contributed by atoms with Gasteiger partial charge in [-0.3, -0.25) is 5.43 Å². The Morgan fingerprint density at radius 1 is 1.04 bits per heavy atom. The molecule has 0 amide bonds. The quantitative estimate of drug-likeness (QED) is 0.541. The SMILES string of the molecule is CCOc1ccc2ccccc2c1/C=N/Nc1ccc(F)cc1. The van der Waals surface area contributed by atoms with E-state index in [9.17, 15) is 4.39 Å². The van der Waals surface area contributed by atoms with Gasteiger partial charge in [-0.25, -0.2) is 4.39 Å². The van der Waals surface area contributed by atoms with E-state index in [1.807, 2.05) is 37.3 Å². The van der Waals surface area contributed by atoms with Crippen molar-refractivity contribution in [3.8, 4) is 5.75 Å². The van der Waals surface area contributed by atoms with Gasteiger partial charge in [0.2, 0.25) is 0 Å². The molecule has 0 atom stereocenters. The molecule has 0 saturated carbocycles. The molecular formula is C19H17FN2O. The van der Waals surface area contributed by atoms with Crippen LogP contribution in [-0.2, 0) is 0 Å². The molecule has 0 radical (unpaired) electrons. The second kappa shape index (κ2) is 6.92. The van der Waals surface area contributed by atoms with Crippen LogP contribution >= 0.6 is 0 Å². The van der Waals surface area contributed by atoms with Crippen molar-refractivity contribution < 1.29 is 9.13 Å². The number of nitrogens with one attached hydrogen (secondary N) is 1. The lowest BCUT2D eigenvalue weighted by Gasteiger charge is -2.10. The van der Waals surface area contributed by atoms with Crippen molar-refractivity contribution in [1.82, 2.24) is 0 Å².